The van der Waals surface area contributed by atoms with Crippen LogP contribution in [0.25, 0.3) is 0 Å². The second kappa shape index (κ2) is 4.94. The molecule has 0 radical (unpaired) electrons. The summed E-state index contributed by atoms with van der Waals surface area (Å²) >= 11 is 0. The van der Waals surface area contributed by atoms with Gasteiger partial charge in [0.25, 0.3) is 0 Å². The lowest BCUT2D eigenvalue weighted by Crippen LogP contribution is -2.47. The van der Waals surface area contributed by atoms with Crippen molar-refractivity contribution in [3.05, 3.63) is 35.9 Å². The molecular formula is C15H20N2O2. The smallest absolute Gasteiger partial charge is 0.231 e. The summed E-state index contributed by atoms with van der Waals surface area (Å²) in [5.41, 5.74) is 0.842. The van der Waals surface area contributed by atoms with Crippen molar-refractivity contribution in [2.75, 3.05) is 20.2 Å². The van der Waals surface area contributed by atoms with E-state index in [1.54, 1.807) is 7.11 Å². The van der Waals surface area contributed by atoms with Gasteiger partial charge < -0.3 is 15.4 Å². The molecule has 1 heterocycles. The summed E-state index contributed by atoms with van der Waals surface area (Å²) in [6.07, 6.45) is 1.97. The van der Waals surface area contributed by atoms with Crippen LogP contribution in [0.5, 0.6) is 0 Å². The zero-order valence-corrected chi connectivity index (χ0v) is 11.2. The van der Waals surface area contributed by atoms with Crippen LogP contribution in [-0.4, -0.2) is 38.3 Å². The summed E-state index contributed by atoms with van der Waals surface area (Å²) in [6, 6.07) is 10.2. The number of rotatable bonds is 4. The molecular weight excluding hydrogens is 240 g/mol. The van der Waals surface area contributed by atoms with Gasteiger partial charge in [-0.15, -0.1) is 0 Å². The van der Waals surface area contributed by atoms with Crippen LogP contribution in [0.2, 0.25) is 0 Å². The zero-order valence-electron chi connectivity index (χ0n) is 11.2. The van der Waals surface area contributed by atoms with Crippen molar-refractivity contribution in [1.82, 2.24) is 10.6 Å². The number of hydrogen-bond acceptors (Lipinski definition) is 3. The lowest BCUT2D eigenvalue weighted by atomic mass is 9.94. The SMILES string of the molecule is CO[C@H]1CNC[C@@H]1NC(=O)C1(c2ccccc2)CC1. The molecule has 0 unspecified atom stereocenters. The van der Waals surface area contributed by atoms with Gasteiger partial charge in [0.05, 0.1) is 17.6 Å². The fourth-order valence-corrected chi connectivity index (χ4v) is 2.88. The van der Waals surface area contributed by atoms with Crippen LogP contribution >= 0.6 is 0 Å². The number of methoxy groups -OCH3 is 1. The van der Waals surface area contributed by atoms with E-state index in [1.165, 1.54) is 0 Å². The molecule has 0 bridgehead atoms. The molecule has 1 aromatic carbocycles. The van der Waals surface area contributed by atoms with Crippen LogP contribution in [0.1, 0.15) is 18.4 Å². The maximum Gasteiger partial charge on any atom is 0.231 e. The summed E-state index contributed by atoms with van der Waals surface area (Å²) in [7, 11) is 1.70. The maximum absolute atomic E-state index is 12.6. The lowest BCUT2D eigenvalue weighted by molar-refractivity contribution is -0.124. The first kappa shape index (κ1) is 12.6. The van der Waals surface area contributed by atoms with Gasteiger partial charge in [-0.1, -0.05) is 30.3 Å². The van der Waals surface area contributed by atoms with Gasteiger partial charge in [0.1, 0.15) is 0 Å². The molecule has 1 amide bonds. The quantitative estimate of drug-likeness (QED) is 0.843. The molecule has 19 heavy (non-hydrogen) atoms. The molecule has 1 aliphatic carbocycles. The lowest BCUT2D eigenvalue weighted by Gasteiger charge is -2.22. The Kier molecular flexibility index (Phi) is 3.29. The molecule has 1 aliphatic heterocycles. The Morgan fingerprint density at radius 2 is 2.05 bits per heavy atom. The maximum atomic E-state index is 12.6. The van der Waals surface area contributed by atoms with Crippen molar-refractivity contribution in [2.45, 2.75) is 30.4 Å². The first-order valence-electron chi connectivity index (χ1n) is 6.86. The molecule has 1 saturated carbocycles. The third kappa shape index (κ3) is 2.26. The average molecular weight is 260 g/mol. The van der Waals surface area contributed by atoms with E-state index < -0.39 is 0 Å². The molecule has 3 rings (SSSR count). The largest absolute Gasteiger partial charge is 0.378 e. The second-order valence-corrected chi connectivity index (χ2v) is 5.46. The highest BCUT2D eigenvalue weighted by Gasteiger charge is 2.52. The van der Waals surface area contributed by atoms with Crippen LogP contribution in [0.15, 0.2) is 30.3 Å². The van der Waals surface area contributed by atoms with Crippen molar-refractivity contribution < 1.29 is 9.53 Å². The number of carbonyl (C=O) groups is 1. The molecule has 1 saturated heterocycles. The van der Waals surface area contributed by atoms with Crippen LogP contribution in [0.4, 0.5) is 0 Å². The van der Waals surface area contributed by atoms with Gasteiger partial charge in [-0.25, -0.2) is 0 Å². The molecule has 2 fully saturated rings. The predicted octanol–water partition coefficient (Wildman–Crippen LogP) is 0.821. The Hall–Kier alpha value is -1.39. The first-order valence-corrected chi connectivity index (χ1v) is 6.86. The molecule has 4 heteroatoms. The summed E-state index contributed by atoms with van der Waals surface area (Å²) in [4.78, 5) is 12.6. The summed E-state index contributed by atoms with van der Waals surface area (Å²) < 4.78 is 5.39. The third-order valence-electron chi connectivity index (χ3n) is 4.29. The third-order valence-corrected chi connectivity index (χ3v) is 4.29. The first-order chi connectivity index (χ1) is 9.26. The highest BCUT2D eigenvalue weighted by Crippen LogP contribution is 2.48. The minimum atomic E-state index is -0.290. The van der Waals surface area contributed by atoms with Crippen LogP contribution < -0.4 is 10.6 Å². The van der Waals surface area contributed by atoms with Crippen molar-refractivity contribution >= 4 is 5.91 Å². The summed E-state index contributed by atoms with van der Waals surface area (Å²) in [5.74, 6) is 0.148. The van der Waals surface area contributed by atoms with E-state index in [-0.39, 0.29) is 23.5 Å². The van der Waals surface area contributed by atoms with Crippen molar-refractivity contribution in [3.8, 4) is 0 Å². The Balaban J connectivity index is 1.71. The van der Waals surface area contributed by atoms with Crippen molar-refractivity contribution in [2.24, 2.45) is 0 Å². The normalized spacial score (nSPS) is 28.1. The van der Waals surface area contributed by atoms with E-state index in [0.717, 1.165) is 31.5 Å². The zero-order chi connectivity index (χ0) is 13.3. The van der Waals surface area contributed by atoms with Crippen molar-refractivity contribution in [1.29, 1.82) is 0 Å². The number of amides is 1. The number of ether oxygens (including phenoxy) is 1. The Labute approximate surface area is 113 Å². The van der Waals surface area contributed by atoms with Gasteiger partial charge in [-0.2, -0.15) is 0 Å². The second-order valence-electron chi connectivity index (χ2n) is 5.46. The molecule has 4 nitrogen and oxygen atoms in total. The molecule has 2 atom stereocenters. The van der Waals surface area contributed by atoms with E-state index in [9.17, 15) is 4.79 Å². The molecule has 1 aromatic rings. The molecule has 102 valence electrons. The minimum absolute atomic E-state index is 0.0792. The number of nitrogens with one attached hydrogen (secondary N) is 2. The van der Waals surface area contributed by atoms with Gasteiger partial charge in [0.2, 0.25) is 5.91 Å². The van der Waals surface area contributed by atoms with Crippen LogP contribution in [-0.2, 0) is 14.9 Å². The highest BCUT2D eigenvalue weighted by atomic mass is 16.5. The van der Waals surface area contributed by atoms with E-state index in [0.29, 0.717) is 0 Å². The number of carbonyl (C=O) groups excluding carboxylic acids is 1. The fraction of sp³-hybridized carbons (Fsp3) is 0.533. The summed E-state index contributed by atoms with van der Waals surface area (Å²) in [6.45, 7) is 1.59. The highest BCUT2D eigenvalue weighted by molar-refractivity contribution is 5.91. The fourth-order valence-electron chi connectivity index (χ4n) is 2.88. The van der Waals surface area contributed by atoms with Gasteiger partial charge in [0.15, 0.2) is 0 Å². The molecule has 2 N–H and O–H groups in total. The van der Waals surface area contributed by atoms with Crippen LogP contribution in [0.3, 0.4) is 0 Å². The van der Waals surface area contributed by atoms with Crippen LogP contribution in [0, 0.1) is 0 Å². The van der Waals surface area contributed by atoms with Gasteiger partial charge in [-0.3, -0.25) is 4.79 Å². The minimum Gasteiger partial charge on any atom is -0.378 e. The van der Waals surface area contributed by atoms with Gasteiger partial charge in [-0.05, 0) is 18.4 Å². The number of hydrogen-bond donors (Lipinski definition) is 2. The topological polar surface area (TPSA) is 50.4 Å². The van der Waals surface area contributed by atoms with Gasteiger partial charge >= 0.3 is 0 Å². The summed E-state index contributed by atoms with van der Waals surface area (Å²) in [5, 5.41) is 6.41. The van der Waals surface area contributed by atoms with E-state index in [1.807, 2.05) is 30.3 Å². The Morgan fingerprint density at radius 3 is 2.68 bits per heavy atom. The Bertz CT molecular complexity index is 456. The van der Waals surface area contributed by atoms with Gasteiger partial charge in [0, 0.05) is 20.2 Å². The average Bonchev–Trinajstić information content (AvgIpc) is 3.15. The van der Waals surface area contributed by atoms with E-state index in [2.05, 4.69) is 10.6 Å². The molecule has 2 aliphatic rings. The number of benzene rings is 1. The van der Waals surface area contributed by atoms with E-state index in [4.69, 9.17) is 4.74 Å². The molecule has 0 aromatic heterocycles. The monoisotopic (exact) mass is 260 g/mol. The molecule has 0 spiro atoms. The Morgan fingerprint density at radius 1 is 1.32 bits per heavy atom. The van der Waals surface area contributed by atoms with E-state index >= 15 is 0 Å². The standard InChI is InChI=1S/C15H20N2O2/c1-19-13-10-16-9-12(13)17-14(18)15(7-8-15)11-5-3-2-4-6-11/h2-6,12-13,16H,7-10H2,1H3,(H,17,18)/t12-,13-/m0/s1. The van der Waals surface area contributed by atoms with Crippen molar-refractivity contribution in [3.63, 3.8) is 0 Å². The predicted molar refractivity (Wildman–Crippen MR) is 73.0 cm³/mol.